The number of aliphatic hydroxyl groups is 1. The van der Waals surface area contributed by atoms with E-state index in [0.717, 1.165) is 16.6 Å². The minimum absolute atomic E-state index is 0.111. The van der Waals surface area contributed by atoms with Gasteiger partial charge in [0, 0.05) is 18.3 Å². The first-order valence-corrected chi connectivity index (χ1v) is 7.64. The van der Waals surface area contributed by atoms with Gasteiger partial charge in [-0.1, -0.05) is 6.07 Å². The van der Waals surface area contributed by atoms with E-state index in [0.29, 0.717) is 11.6 Å². The molecule has 2 heterocycles. The van der Waals surface area contributed by atoms with Crippen molar-refractivity contribution in [3.05, 3.63) is 48.4 Å². The molecule has 0 radical (unpaired) electrons. The van der Waals surface area contributed by atoms with Gasteiger partial charge in [0.2, 0.25) is 5.88 Å². The van der Waals surface area contributed by atoms with Gasteiger partial charge in [0.05, 0.1) is 29.0 Å². The van der Waals surface area contributed by atoms with Gasteiger partial charge in [-0.25, -0.2) is 9.97 Å². The fraction of sp³-hybridized carbons (Fsp3) is 0.333. The molecule has 5 heteroatoms. The summed E-state index contributed by atoms with van der Waals surface area (Å²) in [6.45, 7) is 7.54. The molecule has 5 nitrogen and oxygen atoms in total. The predicted molar refractivity (Wildman–Crippen MR) is 89.8 cm³/mol. The highest BCUT2D eigenvalue weighted by atomic mass is 16.5. The van der Waals surface area contributed by atoms with Crippen LogP contribution in [0.2, 0.25) is 0 Å². The summed E-state index contributed by atoms with van der Waals surface area (Å²) in [4.78, 5) is 8.65. The van der Waals surface area contributed by atoms with Crippen LogP contribution in [0, 0.1) is 6.92 Å². The second-order valence-electron chi connectivity index (χ2n) is 6.41. The number of imidazole rings is 1. The highest BCUT2D eigenvalue weighted by Gasteiger charge is 2.25. The van der Waals surface area contributed by atoms with Crippen molar-refractivity contribution >= 4 is 11.0 Å². The van der Waals surface area contributed by atoms with Gasteiger partial charge in [0.25, 0.3) is 0 Å². The van der Waals surface area contributed by atoms with Crippen LogP contribution in [0.3, 0.4) is 0 Å². The molecule has 0 aliphatic heterocycles. The van der Waals surface area contributed by atoms with Crippen LogP contribution in [0.25, 0.3) is 11.0 Å². The van der Waals surface area contributed by atoms with Crippen LogP contribution in [-0.4, -0.2) is 25.2 Å². The second kappa shape index (κ2) is 5.66. The standard InChI is InChI=1S/C18H21N3O2/c1-12-5-8-17(19-10-12)23-14-6-7-15-16(9-14)21(11-20-15)13(2)18(3,4)22/h5-11,13,22H,1-4H3/t13-/m0/s1. The Kier molecular flexibility index (Phi) is 3.82. The molecule has 0 fully saturated rings. The molecule has 3 aromatic rings. The summed E-state index contributed by atoms with van der Waals surface area (Å²) >= 11 is 0. The van der Waals surface area contributed by atoms with Crippen LogP contribution >= 0.6 is 0 Å². The molecule has 0 saturated carbocycles. The molecular weight excluding hydrogens is 290 g/mol. The Morgan fingerprint density at radius 1 is 1.17 bits per heavy atom. The number of fused-ring (bicyclic) bond motifs is 1. The molecule has 0 aliphatic rings. The molecule has 0 saturated heterocycles. The second-order valence-corrected chi connectivity index (χ2v) is 6.41. The smallest absolute Gasteiger partial charge is 0.219 e. The molecule has 1 aromatic carbocycles. The largest absolute Gasteiger partial charge is 0.439 e. The first kappa shape index (κ1) is 15.5. The van der Waals surface area contributed by atoms with Crippen LogP contribution < -0.4 is 4.74 Å². The van der Waals surface area contributed by atoms with E-state index in [1.807, 2.05) is 48.7 Å². The molecule has 0 unspecified atom stereocenters. The van der Waals surface area contributed by atoms with Crippen molar-refractivity contribution in [1.82, 2.24) is 14.5 Å². The van der Waals surface area contributed by atoms with E-state index in [4.69, 9.17) is 4.74 Å². The summed E-state index contributed by atoms with van der Waals surface area (Å²) in [5.74, 6) is 1.25. The summed E-state index contributed by atoms with van der Waals surface area (Å²) in [5.41, 5.74) is 2.03. The molecule has 0 aliphatic carbocycles. The molecule has 2 aromatic heterocycles. The van der Waals surface area contributed by atoms with Crippen LogP contribution in [0.5, 0.6) is 11.6 Å². The predicted octanol–water partition coefficient (Wildman–Crippen LogP) is 3.86. The normalized spacial score (nSPS) is 13.3. The van der Waals surface area contributed by atoms with Gasteiger partial charge in [-0.05, 0) is 45.4 Å². The Morgan fingerprint density at radius 3 is 2.61 bits per heavy atom. The monoisotopic (exact) mass is 311 g/mol. The van der Waals surface area contributed by atoms with Gasteiger partial charge in [-0.15, -0.1) is 0 Å². The van der Waals surface area contributed by atoms with Crippen molar-refractivity contribution in [2.45, 2.75) is 39.3 Å². The van der Waals surface area contributed by atoms with E-state index in [1.54, 1.807) is 26.4 Å². The highest BCUT2D eigenvalue weighted by Crippen LogP contribution is 2.29. The summed E-state index contributed by atoms with van der Waals surface area (Å²) in [6, 6.07) is 9.40. The van der Waals surface area contributed by atoms with Gasteiger partial charge in [-0.2, -0.15) is 0 Å². The average molecular weight is 311 g/mol. The van der Waals surface area contributed by atoms with Crippen LogP contribution in [0.15, 0.2) is 42.9 Å². The maximum atomic E-state index is 10.3. The Hall–Kier alpha value is -2.40. The van der Waals surface area contributed by atoms with Crippen LogP contribution in [-0.2, 0) is 0 Å². The molecule has 1 N–H and O–H groups in total. The molecule has 23 heavy (non-hydrogen) atoms. The van der Waals surface area contributed by atoms with Crippen molar-refractivity contribution in [3.8, 4) is 11.6 Å². The van der Waals surface area contributed by atoms with E-state index < -0.39 is 5.60 Å². The molecule has 0 amide bonds. The summed E-state index contributed by atoms with van der Waals surface area (Å²) in [6.07, 6.45) is 3.52. The van der Waals surface area contributed by atoms with E-state index in [9.17, 15) is 5.11 Å². The third-order valence-corrected chi connectivity index (χ3v) is 4.09. The average Bonchev–Trinajstić information content (AvgIpc) is 2.91. The summed E-state index contributed by atoms with van der Waals surface area (Å²) < 4.78 is 7.78. The van der Waals surface area contributed by atoms with Crippen molar-refractivity contribution in [2.75, 3.05) is 0 Å². The fourth-order valence-electron chi connectivity index (χ4n) is 2.35. The molecular formula is C18H21N3O2. The van der Waals surface area contributed by atoms with E-state index in [2.05, 4.69) is 9.97 Å². The number of nitrogens with zero attached hydrogens (tertiary/aromatic N) is 3. The number of hydrogen-bond acceptors (Lipinski definition) is 4. The van der Waals surface area contributed by atoms with Crippen molar-refractivity contribution < 1.29 is 9.84 Å². The van der Waals surface area contributed by atoms with Crippen molar-refractivity contribution in [2.24, 2.45) is 0 Å². The zero-order chi connectivity index (χ0) is 16.6. The first-order chi connectivity index (χ1) is 10.8. The van der Waals surface area contributed by atoms with Crippen LogP contribution in [0.4, 0.5) is 0 Å². The number of ether oxygens (including phenoxy) is 1. The molecule has 3 rings (SSSR count). The zero-order valence-corrected chi connectivity index (χ0v) is 13.8. The Bertz CT molecular complexity index is 816. The highest BCUT2D eigenvalue weighted by molar-refractivity contribution is 5.77. The van der Waals surface area contributed by atoms with E-state index >= 15 is 0 Å². The maximum Gasteiger partial charge on any atom is 0.219 e. The lowest BCUT2D eigenvalue weighted by atomic mass is 10.0. The van der Waals surface area contributed by atoms with Gasteiger partial charge in [-0.3, -0.25) is 0 Å². The molecule has 1 atom stereocenters. The quantitative estimate of drug-likeness (QED) is 0.794. The Morgan fingerprint density at radius 2 is 1.96 bits per heavy atom. The zero-order valence-electron chi connectivity index (χ0n) is 13.8. The summed E-state index contributed by atoms with van der Waals surface area (Å²) in [7, 11) is 0. The van der Waals surface area contributed by atoms with E-state index in [1.165, 1.54) is 0 Å². The number of aromatic nitrogens is 3. The minimum atomic E-state index is -0.844. The lowest BCUT2D eigenvalue weighted by molar-refractivity contribution is 0.0320. The van der Waals surface area contributed by atoms with Crippen LogP contribution in [0.1, 0.15) is 32.4 Å². The SMILES string of the molecule is Cc1ccc(Oc2ccc3ncn([C@@H](C)C(C)(C)O)c3c2)nc1. The number of hydrogen-bond donors (Lipinski definition) is 1. The van der Waals surface area contributed by atoms with Gasteiger partial charge in [0.15, 0.2) is 0 Å². The third kappa shape index (κ3) is 3.19. The van der Waals surface area contributed by atoms with Gasteiger partial charge >= 0.3 is 0 Å². The van der Waals surface area contributed by atoms with E-state index in [-0.39, 0.29) is 6.04 Å². The third-order valence-electron chi connectivity index (χ3n) is 4.09. The lowest BCUT2D eigenvalue weighted by Crippen LogP contribution is -2.30. The van der Waals surface area contributed by atoms with Crippen molar-refractivity contribution in [1.29, 1.82) is 0 Å². The Labute approximate surface area is 135 Å². The number of pyridine rings is 1. The summed E-state index contributed by atoms with van der Waals surface area (Å²) in [5, 5.41) is 10.3. The molecule has 120 valence electrons. The number of benzene rings is 1. The topological polar surface area (TPSA) is 60.2 Å². The van der Waals surface area contributed by atoms with Gasteiger partial charge in [0.1, 0.15) is 5.75 Å². The Balaban J connectivity index is 1.96. The first-order valence-electron chi connectivity index (χ1n) is 7.64. The van der Waals surface area contributed by atoms with Gasteiger partial charge < -0.3 is 14.4 Å². The van der Waals surface area contributed by atoms with Crippen molar-refractivity contribution in [3.63, 3.8) is 0 Å². The number of aryl methyl sites for hydroxylation is 1. The maximum absolute atomic E-state index is 10.3. The molecule has 0 spiro atoms. The fourth-order valence-corrected chi connectivity index (χ4v) is 2.35. The minimum Gasteiger partial charge on any atom is -0.439 e. The lowest BCUT2D eigenvalue weighted by Gasteiger charge is -2.27. The number of rotatable bonds is 4. The molecule has 0 bridgehead atoms.